The summed E-state index contributed by atoms with van der Waals surface area (Å²) in [6.45, 7) is 1.96. The molecule has 2 aromatic rings. The van der Waals surface area contributed by atoms with Crippen molar-refractivity contribution in [1.29, 1.82) is 0 Å². The lowest BCUT2D eigenvalue weighted by Crippen LogP contribution is -2.41. The molecule has 4 heteroatoms. The van der Waals surface area contributed by atoms with Crippen LogP contribution in [0.3, 0.4) is 0 Å². The first kappa shape index (κ1) is 15.2. The third-order valence-corrected chi connectivity index (χ3v) is 3.75. The molecule has 0 radical (unpaired) electrons. The minimum Gasteiger partial charge on any atom is -0.394 e. The SMILES string of the molecule is CC(CO)(Cc1ccc(Cl)cc1)Nc1ccccc1Cl. The largest absolute Gasteiger partial charge is 0.394 e. The second-order valence-electron chi connectivity index (χ2n) is 5.13. The standard InChI is InChI=1S/C16H17Cl2NO/c1-16(11-20,10-12-6-8-13(17)9-7-12)19-15-5-3-2-4-14(15)18/h2-9,19-20H,10-11H2,1H3. The molecular formula is C16H17Cl2NO. The summed E-state index contributed by atoms with van der Waals surface area (Å²) in [4.78, 5) is 0. The molecule has 0 heterocycles. The van der Waals surface area contributed by atoms with Crippen LogP contribution in [0.5, 0.6) is 0 Å². The van der Waals surface area contributed by atoms with Gasteiger partial charge in [-0.1, -0.05) is 47.5 Å². The van der Waals surface area contributed by atoms with Gasteiger partial charge in [-0.25, -0.2) is 0 Å². The number of aliphatic hydroxyl groups excluding tert-OH is 1. The highest BCUT2D eigenvalue weighted by Crippen LogP contribution is 2.26. The first-order valence-corrected chi connectivity index (χ1v) is 7.16. The molecule has 106 valence electrons. The van der Waals surface area contributed by atoms with Gasteiger partial charge >= 0.3 is 0 Å². The van der Waals surface area contributed by atoms with Crippen molar-refractivity contribution in [3.8, 4) is 0 Å². The molecule has 0 saturated carbocycles. The molecule has 0 fully saturated rings. The number of anilines is 1. The van der Waals surface area contributed by atoms with Gasteiger partial charge in [0.1, 0.15) is 0 Å². The molecule has 2 nitrogen and oxygen atoms in total. The van der Waals surface area contributed by atoms with Crippen molar-refractivity contribution >= 4 is 28.9 Å². The smallest absolute Gasteiger partial charge is 0.0662 e. The fourth-order valence-electron chi connectivity index (χ4n) is 2.08. The van der Waals surface area contributed by atoms with E-state index in [0.717, 1.165) is 11.3 Å². The Kier molecular flexibility index (Phi) is 4.92. The van der Waals surface area contributed by atoms with E-state index in [0.29, 0.717) is 16.5 Å². The van der Waals surface area contributed by atoms with Crippen LogP contribution in [0.4, 0.5) is 5.69 Å². The Morgan fingerprint density at radius 1 is 1.05 bits per heavy atom. The molecule has 0 amide bonds. The van der Waals surface area contributed by atoms with Crippen molar-refractivity contribution in [2.24, 2.45) is 0 Å². The topological polar surface area (TPSA) is 32.3 Å². The minimum atomic E-state index is -0.487. The van der Waals surface area contributed by atoms with Crippen molar-refractivity contribution in [3.05, 3.63) is 64.1 Å². The summed E-state index contributed by atoms with van der Waals surface area (Å²) in [7, 11) is 0. The van der Waals surface area contributed by atoms with E-state index in [1.54, 1.807) is 0 Å². The maximum Gasteiger partial charge on any atom is 0.0662 e. The molecule has 2 aromatic carbocycles. The van der Waals surface area contributed by atoms with Crippen molar-refractivity contribution in [1.82, 2.24) is 0 Å². The first-order chi connectivity index (χ1) is 9.52. The number of nitrogens with one attached hydrogen (secondary N) is 1. The van der Waals surface area contributed by atoms with Gasteiger partial charge < -0.3 is 10.4 Å². The van der Waals surface area contributed by atoms with Gasteiger partial charge in [-0.3, -0.25) is 0 Å². The van der Waals surface area contributed by atoms with Gasteiger partial charge in [0.25, 0.3) is 0 Å². The molecule has 2 rings (SSSR count). The predicted octanol–water partition coefficient (Wildman–Crippen LogP) is 4.40. The summed E-state index contributed by atoms with van der Waals surface area (Å²) in [5, 5.41) is 14.4. The van der Waals surface area contributed by atoms with Crippen LogP contribution in [0.15, 0.2) is 48.5 Å². The Bertz CT molecular complexity index is 571. The Morgan fingerprint density at radius 3 is 2.30 bits per heavy atom. The van der Waals surface area contributed by atoms with E-state index >= 15 is 0 Å². The predicted molar refractivity (Wildman–Crippen MR) is 85.7 cm³/mol. The van der Waals surface area contributed by atoms with Crippen LogP contribution in [-0.2, 0) is 6.42 Å². The van der Waals surface area contributed by atoms with Crippen molar-refractivity contribution in [2.45, 2.75) is 18.9 Å². The van der Waals surface area contributed by atoms with Gasteiger partial charge in [0, 0.05) is 5.02 Å². The molecule has 0 bridgehead atoms. The third kappa shape index (κ3) is 3.89. The molecule has 0 aromatic heterocycles. The van der Waals surface area contributed by atoms with E-state index in [4.69, 9.17) is 23.2 Å². The summed E-state index contributed by atoms with van der Waals surface area (Å²) < 4.78 is 0. The first-order valence-electron chi connectivity index (χ1n) is 6.40. The van der Waals surface area contributed by atoms with Crippen LogP contribution in [-0.4, -0.2) is 17.3 Å². The average molecular weight is 310 g/mol. The van der Waals surface area contributed by atoms with Gasteiger partial charge in [0.05, 0.1) is 22.9 Å². The van der Waals surface area contributed by atoms with E-state index < -0.39 is 5.54 Å². The molecule has 0 aliphatic rings. The van der Waals surface area contributed by atoms with Gasteiger partial charge in [-0.2, -0.15) is 0 Å². The van der Waals surface area contributed by atoms with Gasteiger partial charge in [0.2, 0.25) is 0 Å². The van der Waals surface area contributed by atoms with Gasteiger partial charge in [-0.05, 0) is 43.2 Å². The molecular weight excluding hydrogens is 293 g/mol. The van der Waals surface area contributed by atoms with Crippen molar-refractivity contribution in [3.63, 3.8) is 0 Å². The van der Waals surface area contributed by atoms with E-state index in [1.165, 1.54) is 0 Å². The summed E-state index contributed by atoms with van der Waals surface area (Å²) >= 11 is 12.0. The lowest BCUT2D eigenvalue weighted by molar-refractivity contribution is 0.222. The molecule has 0 aliphatic heterocycles. The maximum absolute atomic E-state index is 9.72. The van der Waals surface area contributed by atoms with E-state index in [1.807, 2.05) is 55.5 Å². The second-order valence-corrected chi connectivity index (χ2v) is 5.97. The summed E-state index contributed by atoms with van der Waals surface area (Å²) in [6, 6.07) is 15.1. The van der Waals surface area contributed by atoms with Crippen LogP contribution >= 0.6 is 23.2 Å². The number of hydrogen-bond donors (Lipinski definition) is 2. The molecule has 20 heavy (non-hydrogen) atoms. The fraction of sp³-hybridized carbons (Fsp3) is 0.250. The van der Waals surface area contributed by atoms with Crippen molar-refractivity contribution in [2.75, 3.05) is 11.9 Å². The van der Waals surface area contributed by atoms with E-state index in [-0.39, 0.29) is 6.61 Å². The summed E-state index contributed by atoms with van der Waals surface area (Å²) in [6.07, 6.45) is 0.673. The molecule has 1 unspecified atom stereocenters. The highest BCUT2D eigenvalue weighted by molar-refractivity contribution is 6.33. The molecule has 0 aliphatic carbocycles. The Morgan fingerprint density at radius 2 is 1.70 bits per heavy atom. The van der Waals surface area contributed by atoms with Crippen LogP contribution in [0.1, 0.15) is 12.5 Å². The zero-order valence-electron chi connectivity index (χ0n) is 11.2. The number of rotatable bonds is 5. The Hall–Kier alpha value is -1.22. The number of aliphatic hydroxyl groups is 1. The molecule has 2 N–H and O–H groups in total. The Balaban J connectivity index is 2.17. The summed E-state index contributed by atoms with van der Waals surface area (Å²) in [5.41, 5.74) is 1.43. The van der Waals surface area contributed by atoms with E-state index in [2.05, 4.69) is 5.32 Å². The number of halogens is 2. The highest BCUT2D eigenvalue weighted by Gasteiger charge is 2.24. The highest BCUT2D eigenvalue weighted by atomic mass is 35.5. The zero-order valence-corrected chi connectivity index (χ0v) is 12.7. The molecule has 0 spiro atoms. The third-order valence-electron chi connectivity index (χ3n) is 3.17. The minimum absolute atomic E-state index is 0.000843. The van der Waals surface area contributed by atoms with Crippen LogP contribution < -0.4 is 5.32 Å². The van der Waals surface area contributed by atoms with Gasteiger partial charge in [0.15, 0.2) is 0 Å². The summed E-state index contributed by atoms with van der Waals surface area (Å²) in [5.74, 6) is 0. The second kappa shape index (κ2) is 6.49. The normalized spacial score (nSPS) is 13.8. The van der Waals surface area contributed by atoms with Crippen LogP contribution in [0.2, 0.25) is 10.0 Å². The number of benzene rings is 2. The fourth-order valence-corrected chi connectivity index (χ4v) is 2.39. The average Bonchev–Trinajstić information content (AvgIpc) is 2.44. The maximum atomic E-state index is 9.72. The van der Waals surface area contributed by atoms with Crippen molar-refractivity contribution < 1.29 is 5.11 Å². The zero-order chi connectivity index (χ0) is 14.6. The lowest BCUT2D eigenvalue weighted by Gasteiger charge is -2.30. The number of para-hydroxylation sites is 1. The lowest BCUT2D eigenvalue weighted by atomic mass is 9.93. The molecule has 0 saturated heterocycles. The van der Waals surface area contributed by atoms with Crippen LogP contribution in [0.25, 0.3) is 0 Å². The number of hydrogen-bond acceptors (Lipinski definition) is 2. The monoisotopic (exact) mass is 309 g/mol. The van der Waals surface area contributed by atoms with Gasteiger partial charge in [-0.15, -0.1) is 0 Å². The van der Waals surface area contributed by atoms with Crippen LogP contribution in [0, 0.1) is 0 Å². The quantitative estimate of drug-likeness (QED) is 0.858. The molecule has 1 atom stereocenters. The Labute approximate surface area is 129 Å². The van der Waals surface area contributed by atoms with E-state index in [9.17, 15) is 5.11 Å².